The molecule has 1 N–H and O–H groups in total. The van der Waals surface area contributed by atoms with Gasteiger partial charge in [-0.1, -0.05) is 23.7 Å². The molecule has 2 heterocycles. The molecule has 30 heavy (non-hydrogen) atoms. The summed E-state index contributed by atoms with van der Waals surface area (Å²) in [5, 5.41) is 2.63. The Kier molecular flexibility index (Phi) is 6.65. The van der Waals surface area contributed by atoms with Crippen LogP contribution >= 0.6 is 11.6 Å². The summed E-state index contributed by atoms with van der Waals surface area (Å²) in [5.41, 5.74) is 0.385. The molecule has 0 saturated carbocycles. The maximum Gasteiger partial charge on any atom is 0.408 e. The van der Waals surface area contributed by atoms with E-state index in [0.29, 0.717) is 18.8 Å². The number of halogens is 2. The van der Waals surface area contributed by atoms with Gasteiger partial charge in [-0.25, -0.2) is 14.8 Å². The molecule has 0 aliphatic carbocycles. The monoisotopic (exact) mass is 436 g/mol. The van der Waals surface area contributed by atoms with Gasteiger partial charge in [0, 0.05) is 13.0 Å². The molecule has 0 bridgehead atoms. The summed E-state index contributed by atoms with van der Waals surface area (Å²) in [5.74, 6) is 0.283. The van der Waals surface area contributed by atoms with E-state index in [9.17, 15) is 9.18 Å². The number of nitrogens with zero attached hydrogens (tertiary/aromatic N) is 3. The first-order valence-electron chi connectivity index (χ1n) is 9.79. The third-order valence-corrected chi connectivity index (χ3v) is 4.85. The fourth-order valence-corrected chi connectivity index (χ4v) is 3.30. The third-order valence-electron chi connectivity index (χ3n) is 4.59. The van der Waals surface area contributed by atoms with Gasteiger partial charge in [0.05, 0.1) is 12.6 Å². The molecule has 0 unspecified atom stereocenters. The minimum absolute atomic E-state index is 0.0960. The summed E-state index contributed by atoms with van der Waals surface area (Å²) in [4.78, 5) is 21.4. The fourth-order valence-electron chi connectivity index (χ4n) is 3.17. The Hall–Kier alpha value is -2.61. The number of amides is 1. The number of carbonyl (C=O) groups excluding carboxylic acids is 1. The van der Waals surface area contributed by atoms with Gasteiger partial charge in [-0.15, -0.1) is 0 Å². The average molecular weight is 437 g/mol. The third kappa shape index (κ3) is 5.72. The Bertz CT molecular complexity index is 889. The van der Waals surface area contributed by atoms with Crippen molar-refractivity contribution in [3.05, 3.63) is 47.1 Å². The van der Waals surface area contributed by atoms with Crippen molar-refractivity contribution in [3.63, 3.8) is 0 Å². The Labute approximate surface area is 180 Å². The van der Waals surface area contributed by atoms with E-state index in [-0.39, 0.29) is 23.1 Å². The first-order chi connectivity index (χ1) is 14.1. The second-order valence-electron chi connectivity index (χ2n) is 8.21. The van der Waals surface area contributed by atoms with Gasteiger partial charge in [0.15, 0.2) is 11.0 Å². The van der Waals surface area contributed by atoms with E-state index in [0.717, 1.165) is 12.0 Å². The van der Waals surface area contributed by atoms with Gasteiger partial charge in [-0.3, -0.25) is 0 Å². The fraction of sp³-hybridized carbons (Fsp3) is 0.476. The van der Waals surface area contributed by atoms with Crippen molar-refractivity contribution in [3.8, 4) is 5.75 Å². The Morgan fingerprint density at radius 2 is 2.00 bits per heavy atom. The quantitative estimate of drug-likeness (QED) is 0.695. The van der Waals surface area contributed by atoms with E-state index in [1.165, 1.54) is 6.33 Å². The van der Waals surface area contributed by atoms with Crippen LogP contribution in [0.15, 0.2) is 30.6 Å². The molecule has 1 aromatic heterocycles. The molecule has 9 heteroatoms. The number of rotatable bonds is 5. The van der Waals surface area contributed by atoms with Crippen molar-refractivity contribution < 1.29 is 18.7 Å². The number of hydrogen-bond acceptors (Lipinski definition) is 6. The Balaban J connectivity index is 1.55. The van der Waals surface area contributed by atoms with E-state index in [2.05, 4.69) is 15.3 Å². The van der Waals surface area contributed by atoms with Gasteiger partial charge in [0.25, 0.3) is 0 Å². The first kappa shape index (κ1) is 22.1. The molecule has 2 aromatic rings. The van der Waals surface area contributed by atoms with Crippen LogP contribution in [-0.4, -0.2) is 40.9 Å². The number of aromatic nitrogens is 2. The zero-order valence-electron chi connectivity index (χ0n) is 17.5. The summed E-state index contributed by atoms with van der Waals surface area (Å²) in [6.45, 7) is 8.46. The van der Waals surface area contributed by atoms with Gasteiger partial charge in [-0.05, 0) is 45.4 Å². The van der Waals surface area contributed by atoms with Gasteiger partial charge in [-0.2, -0.15) is 4.39 Å². The summed E-state index contributed by atoms with van der Waals surface area (Å²) < 4.78 is 25.4. The summed E-state index contributed by atoms with van der Waals surface area (Å²) >= 11 is 5.74. The van der Waals surface area contributed by atoms with Gasteiger partial charge < -0.3 is 19.7 Å². The lowest BCUT2D eigenvalue weighted by molar-refractivity contribution is 0.0508. The maximum absolute atomic E-state index is 14.1. The van der Waals surface area contributed by atoms with Crippen LogP contribution in [0.4, 0.5) is 15.0 Å². The van der Waals surface area contributed by atoms with Crippen molar-refractivity contribution in [2.45, 2.75) is 51.9 Å². The zero-order chi connectivity index (χ0) is 21.9. The van der Waals surface area contributed by atoms with E-state index in [1.54, 1.807) is 4.90 Å². The van der Waals surface area contributed by atoms with E-state index in [4.69, 9.17) is 21.1 Å². The SMILES string of the molecule is C[C@H](NC(=O)OC(C)(C)C)c1ccc(O[C@@H]2CCN(c3ncnc(Cl)c3F)C2)cc1. The van der Waals surface area contributed by atoms with Crippen LogP contribution in [0.3, 0.4) is 0 Å². The van der Waals surface area contributed by atoms with Crippen LogP contribution in [0.5, 0.6) is 5.75 Å². The number of alkyl carbamates (subject to hydrolysis) is 1. The predicted octanol–water partition coefficient (Wildman–Crippen LogP) is 4.51. The van der Waals surface area contributed by atoms with Crippen LogP contribution in [0.1, 0.15) is 45.7 Å². The number of benzene rings is 1. The lowest BCUT2D eigenvalue weighted by Gasteiger charge is -2.22. The second-order valence-corrected chi connectivity index (χ2v) is 8.57. The highest BCUT2D eigenvalue weighted by molar-refractivity contribution is 6.29. The molecule has 1 amide bonds. The Morgan fingerprint density at radius 1 is 1.30 bits per heavy atom. The van der Waals surface area contributed by atoms with Crippen LogP contribution < -0.4 is 15.0 Å². The first-order valence-corrected chi connectivity index (χ1v) is 10.2. The molecule has 1 aromatic carbocycles. The minimum atomic E-state index is -0.615. The van der Waals surface area contributed by atoms with Gasteiger partial charge >= 0.3 is 6.09 Å². The number of nitrogens with one attached hydrogen (secondary N) is 1. The van der Waals surface area contributed by atoms with E-state index >= 15 is 0 Å². The largest absolute Gasteiger partial charge is 0.489 e. The second kappa shape index (κ2) is 9.04. The molecule has 3 rings (SSSR count). The maximum atomic E-state index is 14.1. The highest BCUT2D eigenvalue weighted by atomic mass is 35.5. The molecule has 2 atom stereocenters. The summed E-state index contributed by atoms with van der Waals surface area (Å²) in [7, 11) is 0. The zero-order valence-corrected chi connectivity index (χ0v) is 18.2. The molecule has 0 spiro atoms. The van der Waals surface area contributed by atoms with Crippen LogP contribution in [0, 0.1) is 5.82 Å². The van der Waals surface area contributed by atoms with Crippen LogP contribution in [-0.2, 0) is 4.74 Å². The van der Waals surface area contributed by atoms with Gasteiger partial charge in [0.2, 0.25) is 5.82 Å². The molecule has 1 saturated heterocycles. The number of anilines is 1. The average Bonchev–Trinajstić information content (AvgIpc) is 3.11. The smallest absolute Gasteiger partial charge is 0.408 e. The highest BCUT2D eigenvalue weighted by Crippen LogP contribution is 2.27. The summed E-state index contributed by atoms with van der Waals surface area (Å²) in [6, 6.07) is 7.30. The van der Waals surface area contributed by atoms with Crippen molar-refractivity contribution in [2.24, 2.45) is 0 Å². The molecule has 1 aliphatic rings. The highest BCUT2D eigenvalue weighted by Gasteiger charge is 2.28. The molecule has 7 nitrogen and oxygen atoms in total. The molecule has 0 radical (unpaired) electrons. The van der Waals surface area contributed by atoms with E-state index < -0.39 is 17.5 Å². The Morgan fingerprint density at radius 3 is 2.67 bits per heavy atom. The molecular weight excluding hydrogens is 411 g/mol. The summed E-state index contributed by atoms with van der Waals surface area (Å²) in [6.07, 6.45) is 1.43. The molecule has 1 fully saturated rings. The van der Waals surface area contributed by atoms with Crippen molar-refractivity contribution in [1.82, 2.24) is 15.3 Å². The minimum Gasteiger partial charge on any atom is -0.489 e. The normalized spacial score (nSPS) is 17.5. The van der Waals surface area contributed by atoms with Crippen molar-refractivity contribution in [1.29, 1.82) is 0 Å². The molecule has 1 aliphatic heterocycles. The lowest BCUT2D eigenvalue weighted by atomic mass is 10.1. The van der Waals surface area contributed by atoms with Crippen LogP contribution in [0.25, 0.3) is 0 Å². The molecular formula is C21H26ClFN4O3. The topological polar surface area (TPSA) is 76.6 Å². The number of carbonyl (C=O) groups is 1. The predicted molar refractivity (Wildman–Crippen MR) is 112 cm³/mol. The number of ether oxygens (including phenoxy) is 2. The van der Waals surface area contributed by atoms with E-state index in [1.807, 2.05) is 52.0 Å². The standard InChI is InChI=1S/C21H26ClFN4O3/c1-13(26-20(28)30-21(2,3)4)14-5-7-15(8-6-14)29-16-9-10-27(11-16)19-17(23)18(22)24-12-25-19/h5-8,12-13,16H,9-11H2,1-4H3,(H,26,28)/t13-,16+/m0/s1. The van der Waals surface area contributed by atoms with Crippen LogP contribution in [0.2, 0.25) is 5.15 Å². The molecule has 162 valence electrons. The number of hydrogen-bond donors (Lipinski definition) is 1. The van der Waals surface area contributed by atoms with Crippen molar-refractivity contribution >= 4 is 23.5 Å². The van der Waals surface area contributed by atoms with Gasteiger partial charge in [0.1, 0.15) is 23.8 Å². The lowest BCUT2D eigenvalue weighted by Crippen LogP contribution is -2.34. The van der Waals surface area contributed by atoms with Crippen molar-refractivity contribution in [2.75, 3.05) is 18.0 Å².